The summed E-state index contributed by atoms with van der Waals surface area (Å²) >= 11 is 0. The highest BCUT2D eigenvalue weighted by Crippen LogP contribution is 2.44. The van der Waals surface area contributed by atoms with Crippen LogP contribution in [0.15, 0.2) is 54.6 Å². The maximum atomic E-state index is 17.8. The number of carbonyl (C=O) groups is 1. The molecule has 1 unspecified atom stereocenters. The minimum Gasteiger partial charge on any atom is -0.468 e. The Bertz CT molecular complexity index is 2320. The maximum Gasteiger partial charge on any atom is 0.407 e. The fraction of sp³-hybridized carbons (Fsp3) is 0.511. The zero-order chi connectivity index (χ0) is 41.8. The first-order chi connectivity index (χ1) is 28.3. The monoisotopic (exact) mass is 819 g/mol. The number of aromatic nitrogens is 2. The third-order valence-electron chi connectivity index (χ3n) is 13.8. The van der Waals surface area contributed by atoms with Gasteiger partial charge in [0.05, 0.1) is 17.6 Å². The molecule has 0 radical (unpaired) electrons. The molecule has 10 nitrogen and oxygen atoms in total. The number of fused-ring (bicyclic) bond motifs is 5. The molecule has 2 bridgehead atoms. The highest BCUT2D eigenvalue weighted by Gasteiger charge is 2.47. The number of hydrogen-bond acceptors (Lipinski definition) is 8. The highest BCUT2D eigenvalue weighted by atomic mass is 28.3. The summed E-state index contributed by atoms with van der Waals surface area (Å²) in [7, 11) is -0.528. The molecule has 4 saturated heterocycles. The number of hydrogen-bond donors (Lipinski definition) is 1. The molecule has 312 valence electrons. The Hall–Kier alpha value is -4.70. The van der Waals surface area contributed by atoms with Crippen LogP contribution in [0.5, 0.6) is 11.8 Å². The van der Waals surface area contributed by atoms with Crippen LogP contribution in [0.3, 0.4) is 0 Å². The molecule has 12 heteroatoms. The smallest absolute Gasteiger partial charge is 0.407 e. The molecule has 1 amide bonds. The second-order valence-corrected chi connectivity index (χ2v) is 23.8. The molecule has 0 saturated carbocycles. The van der Waals surface area contributed by atoms with Gasteiger partial charge in [0.2, 0.25) is 0 Å². The Morgan fingerprint density at radius 1 is 1.02 bits per heavy atom. The molecule has 4 aliphatic rings. The molecule has 3 aromatic carbocycles. The van der Waals surface area contributed by atoms with Gasteiger partial charge in [-0.1, -0.05) is 77.8 Å². The van der Waals surface area contributed by atoms with E-state index in [-0.39, 0.29) is 35.9 Å². The average Bonchev–Trinajstić information content (AvgIpc) is 3.82. The number of nitrogens with zero attached hydrogens (tertiary/aromatic N) is 5. The molecule has 0 spiro atoms. The van der Waals surface area contributed by atoms with Gasteiger partial charge in [0.25, 0.3) is 0 Å². The number of halogens is 1. The van der Waals surface area contributed by atoms with Crippen molar-refractivity contribution < 1.29 is 28.5 Å². The Labute approximate surface area is 348 Å². The van der Waals surface area contributed by atoms with E-state index in [0.717, 1.165) is 61.5 Å². The van der Waals surface area contributed by atoms with Crippen molar-refractivity contribution in [1.29, 1.82) is 0 Å². The van der Waals surface area contributed by atoms with Crippen molar-refractivity contribution in [2.24, 2.45) is 0 Å². The van der Waals surface area contributed by atoms with Crippen LogP contribution in [0.25, 0.3) is 32.8 Å². The van der Waals surface area contributed by atoms with Crippen molar-refractivity contribution in [3.8, 4) is 34.4 Å². The van der Waals surface area contributed by atoms with Crippen LogP contribution in [-0.4, -0.2) is 103 Å². The Morgan fingerprint density at radius 2 is 1.75 bits per heavy atom. The summed E-state index contributed by atoms with van der Waals surface area (Å²) in [6.07, 6.45) is 3.56. The molecule has 3 atom stereocenters. The van der Waals surface area contributed by atoms with Crippen LogP contribution in [0.4, 0.5) is 15.0 Å². The van der Waals surface area contributed by atoms with Crippen LogP contribution < -0.4 is 14.4 Å². The minimum absolute atomic E-state index is 0.0383. The van der Waals surface area contributed by atoms with E-state index >= 15 is 4.39 Å². The first kappa shape index (κ1) is 41.0. The van der Waals surface area contributed by atoms with Gasteiger partial charge in [0.1, 0.15) is 31.8 Å². The number of anilines is 1. The van der Waals surface area contributed by atoms with Crippen molar-refractivity contribution in [3.05, 3.63) is 66.0 Å². The van der Waals surface area contributed by atoms with Crippen LogP contribution in [-0.2, 0) is 4.74 Å². The van der Waals surface area contributed by atoms with Gasteiger partial charge in [0, 0.05) is 48.6 Å². The van der Waals surface area contributed by atoms with Crippen LogP contribution in [0.2, 0.25) is 16.6 Å². The number of piperazine rings is 1. The predicted octanol–water partition coefficient (Wildman–Crippen LogP) is 9.65. The Balaban J connectivity index is 1.29. The fourth-order valence-corrected chi connectivity index (χ4v) is 16.4. The first-order valence-corrected chi connectivity index (χ1v) is 23.5. The molecule has 8 rings (SSSR count). The highest BCUT2D eigenvalue weighted by molar-refractivity contribution is 6.90. The lowest BCUT2D eigenvalue weighted by Crippen LogP contribution is -2.55. The molecular weight excluding hydrogens is 762 g/mol. The van der Waals surface area contributed by atoms with Gasteiger partial charge in [-0.15, -0.1) is 5.54 Å². The summed E-state index contributed by atoms with van der Waals surface area (Å²) in [5.74, 6) is 4.27. The van der Waals surface area contributed by atoms with E-state index in [4.69, 9.17) is 24.2 Å². The summed E-state index contributed by atoms with van der Waals surface area (Å²) in [5, 5.41) is 12.3. The van der Waals surface area contributed by atoms with E-state index in [1.807, 2.05) is 36.4 Å². The zero-order valence-corrected chi connectivity index (χ0v) is 36.6. The van der Waals surface area contributed by atoms with E-state index in [1.165, 1.54) is 5.57 Å². The average molecular weight is 820 g/mol. The number of ether oxygens (including phenoxy) is 3. The normalized spacial score (nSPS) is 21.9. The topological polar surface area (TPSA) is 100 Å². The van der Waals surface area contributed by atoms with E-state index in [1.54, 1.807) is 18.1 Å². The molecule has 1 aromatic heterocycles. The van der Waals surface area contributed by atoms with Crippen molar-refractivity contribution in [2.45, 2.75) is 108 Å². The number of amides is 1. The minimum atomic E-state index is -2.10. The molecule has 0 aliphatic carbocycles. The van der Waals surface area contributed by atoms with Crippen LogP contribution >= 0.6 is 0 Å². The Morgan fingerprint density at radius 3 is 2.42 bits per heavy atom. The molecule has 1 N–H and O–H groups in total. The number of rotatable bonds is 11. The second kappa shape index (κ2) is 16.1. The lowest BCUT2D eigenvalue weighted by Gasteiger charge is -2.40. The van der Waals surface area contributed by atoms with Gasteiger partial charge in [-0.05, 0) is 90.5 Å². The van der Waals surface area contributed by atoms with Crippen LogP contribution in [0, 0.1) is 17.3 Å². The van der Waals surface area contributed by atoms with Crippen molar-refractivity contribution in [1.82, 2.24) is 19.8 Å². The van der Waals surface area contributed by atoms with Crippen LogP contribution in [0.1, 0.15) is 79.2 Å². The van der Waals surface area contributed by atoms with Gasteiger partial charge >= 0.3 is 12.1 Å². The largest absolute Gasteiger partial charge is 0.468 e. The summed E-state index contributed by atoms with van der Waals surface area (Å²) in [5.41, 5.74) is 8.25. The summed E-state index contributed by atoms with van der Waals surface area (Å²) < 4.78 is 35.6. The molecule has 4 fully saturated rings. The second-order valence-electron chi connectivity index (χ2n) is 18.2. The van der Waals surface area contributed by atoms with E-state index in [0.29, 0.717) is 64.4 Å². The lowest BCUT2D eigenvalue weighted by molar-refractivity contribution is 0.0512. The van der Waals surface area contributed by atoms with Crippen molar-refractivity contribution >= 4 is 41.7 Å². The summed E-state index contributed by atoms with van der Waals surface area (Å²) in [4.78, 5) is 28.2. The molecule has 4 aliphatic heterocycles. The third-order valence-corrected chi connectivity index (χ3v) is 20.1. The third kappa shape index (κ3) is 7.23. The van der Waals surface area contributed by atoms with E-state index in [9.17, 15) is 9.90 Å². The quantitative estimate of drug-likeness (QED) is 0.0687. The summed E-state index contributed by atoms with van der Waals surface area (Å²) in [6.45, 7) is 21.3. The van der Waals surface area contributed by atoms with Crippen molar-refractivity contribution in [3.63, 3.8) is 0 Å². The SMILES string of the molecule is C=C1CN2CCCC2(COc2nc(N3C[C@H]4CC[C@@H](C3)N4C(=O)O)c3ccc(-c4cc(OCOC)cc5cccc(C#C[Si](C(C)C)(C(C)C)C(C)C)c45)c(F)c3n2)C1. The standard InChI is InChI=1S/C47H58FN5O5Si/c1-29(2)59(30(3)4,31(5)6)20-17-33-11-9-12-34-21-37(58-28-56-8)22-40(41(33)34)38-15-16-39-43(42(38)48)49-45(57-27-47-18-10-19-52(47)24-32(7)23-47)50-44(39)51-25-35-13-14-36(26-51)53(35)46(54)55/h9,11-12,15-16,21-22,29-31,35-36H,7,10,13-14,18-19,23-28H2,1-6,8H3,(H,54,55)/t35-,36+,47?. The lowest BCUT2D eigenvalue weighted by atomic mass is 9.93. The first-order valence-electron chi connectivity index (χ1n) is 21.3. The van der Waals surface area contributed by atoms with Gasteiger partial charge in [-0.3, -0.25) is 9.80 Å². The van der Waals surface area contributed by atoms with E-state index < -0.39 is 20.0 Å². The number of benzene rings is 3. The Kier molecular flexibility index (Phi) is 11.2. The predicted molar refractivity (Wildman–Crippen MR) is 235 cm³/mol. The molecule has 4 aromatic rings. The molecular formula is C47H58FN5O5Si. The van der Waals surface area contributed by atoms with E-state index in [2.05, 4.69) is 69.4 Å². The van der Waals surface area contributed by atoms with Gasteiger partial charge < -0.3 is 24.2 Å². The van der Waals surface area contributed by atoms with Crippen molar-refractivity contribution in [2.75, 3.05) is 51.6 Å². The zero-order valence-electron chi connectivity index (χ0n) is 35.6. The molecule has 59 heavy (non-hydrogen) atoms. The van der Waals surface area contributed by atoms with Gasteiger partial charge in [-0.25, -0.2) is 9.18 Å². The van der Waals surface area contributed by atoms with Gasteiger partial charge in [-0.2, -0.15) is 9.97 Å². The molecule has 5 heterocycles. The maximum absolute atomic E-state index is 17.8. The number of carboxylic acid groups (broad SMARTS) is 1. The number of methoxy groups -OCH3 is 1. The fourth-order valence-electron chi connectivity index (χ4n) is 11.2. The summed E-state index contributed by atoms with van der Waals surface area (Å²) in [6, 6.07) is 13.3. The van der Waals surface area contributed by atoms with Gasteiger partial charge in [0.15, 0.2) is 12.6 Å².